The number of halogens is 1. The molecule has 0 aromatic heterocycles. The lowest BCUT2D eigenvalue weighted by Crippen LogP contribution is -2.56. The minimum atomic E-state index is -1.32. The summed E-state index contributed by atoms with van der Waals surface area (Å²) in [6.07, 6.45) is 1.73. The number of rotatable bonds is 27. The van der Waals surface area contributed by atoms with E-state index in [9.17, 15) is 43.5 Å². The van der Waals surface area contributed by atoms with Gasteiger partial charge in [0.1, 0.15) is 40.5 Å². The number of carboxylic acid groups (broad SMARTS) is 1. The topological polar surface area (TPSA) is 278 Å². The predicted molar refractivity (Wildman–Crippen MR) is 254 cm³/mol. The second-order valence-electron chi connectivity index (χ2n) is 19.7. The number of carbonyl (C=O) groups excluding carboxylic acids is 7. The van der Waals surface area contributed by atoms with Gasteiger partial charge in [0.15, 0.2) is 0 Å². The van der Waals surface area contributed by atoms with E-state index in [1.54, 1.807) is 83.1 Å². The highest BCUT2D eigenvalue weighted by atomic mass is 127. The molecule has 0 heterocycles. The van der Waals surface area contributed by atoms with Gasteiger partial charge >= 0.3 is 30.3 Å². The Balaban J connectivity index is 6.00. The summed E-state index contributed by atoms with van der Waals surface area (Å²) >= 11 is 1.99. The summed E-state index contributed by atoms with van der Waals surface area (Å²) in [5.41, 5.74) is -2.71. The van der Waals surface area contributed by atoms with Crippen molar-refractivity contribution in [2.45, 2.75) is 205 Å². The van der Waals surface area contributed by atoms with E-state index in [1.165, 1.54) is 0 Å². The highest BCUT2D eigenvalue weighted by Crippen LogP contribution is 2.15. The standard InChI is InChI=1S/C44H80IN7O13/c1-41(2,3)62-37(58)46-25-17-13-21-29(45)33(53)50-30(22-14-18-26-47-38(59)63-42(4,5)6)34(54)51-31(23-15-19-27-48-39(60)64-43(7,8)9)35(55)52-32(36(56)57)24-16-20-28-49-40(61)65-44(10,11)12/h29-32H,13-28H2,1-12H3,(H,46,58)(H,47,59)(H,48,60)(H,49,61)(H,50,53)(H,51,54)(H,52,55)(H,56,57)/t29?,30-,31-,32-/m0/s1. The molecule has 0 aliphatic heterocycles. The number of alkyl carbamates (subject to hydrolysis) is 4. The van der Waals surface area contributed by atoms with E-state index in [2.05, 4.69) is 37.2 Å². The summed E-state index contributed by atoms with van der Waals surface area (Å²) < 4.78 is 20.5. The van der Waals surface area contributed by atoms with Crippen LogP contribution in [0.1, 0.15) is 160 Å². The maximum absolute atomic E-state index is 14.0. The van der Waals surface area contributed by atoms with Crippen molar-refractivity contribution in [1.82, 2.24) is 37.2 Å². The highest BCUT2D eigenvalue weighted by Gasteiger charge is 2.31. The van der Waals surface area contributed by atoms with Crippen LogP contribution in [-0.4, -0.2) is 124 Å². The second kappa shape index (κ2) is 30.1. The van der Waals surface area contributed by atoms with Gasteiger partial charge in [-0.2, -0.15) is 0 Å². The molecule has 4 atom stereocenters. The molecule has 7 amide bonds. The van der Waals surface area contributed by atoms with Gasteiger partial charge in [-0.3, -0.25) is 14.4 Å². The van der Waals surface area contributed by atoms with E-state index >= 15 is 0 Å². The quantitative estimate of drug-likeness (QED) is 0.0200. The van der Waals surface area contributed by atoms with Crippen LogP contribution in [0.15, 0.2) is 0 Å². The molecule has 0 spiro atoms. The largest absolute Gasteiger partial charge is 0.480 e. The van der Waals surface area contributed by atoms with Crippen molar-refractivity contribution < 1.29 is 62.4 Å². The fourth-order valence-corrected chi connectivity index (χ4v) is 6.24. The van der Waals surface area contributed by atoms with Gasteiger partial charge in [0.25, 0.3) is 0 Å². The lowest BCUT2D eigenvalue weighted by Gasteiger charge is -2.25. The molecule has 0 aromatic carbocycles. The summed E-state index contributed by atoms with van der Waals surface area (Å²) in [5, 5.41) is 28.7. The molecule has 8 N–H and O–H groups in total. The molecule has 0 aromatic rings. The van der Waals surface area contributed by atoms with Crippen LogP contribution in [-0.2, 0) is 38.1 Å². The van der Waals surface area contributed by atoms with Crippen LogP contribution < -0.4 is 37.2 Å². The van der Waals surface area contributed by atoms with Crippen LogP contribution in [0.4, 0.5) is 19.2 Å². The molecule has 0 radical (unpaired) electrons. The second-order valence-corrected chi connectivity index (χ2v) is 21.2. The van der Waals surface area contributed by atoms with E-state index in [-0.39, 0.29) is 38.9 Å². The third-order valence-electron chi connectivity index (χ3n) is 8.48. The third-order valence-corrected chi connectivity index (χ3v) is 9.67. The molecule has 0 fully saturated rings. The van der Waals surface area contributed by atoms with E-state index in [0.717, 1.165) is 0 Å². The number of hydrogen-bond donors (Lipinski definition) is 8. The fraction of sp³-hybridized carbons (Fsp3) is 0.818. The predicted octanol–water partition coefficient (Wildman–Crippen LogP) is 6.11. The van der Waals surface area contributed by atoms with Crippen LogP contribution in [0, 0.1) is 0 Å². The van der Waals surface area contributed by atoms with Crippen LogP contribution in [0.3, 0.4) is 0 Å². The molecule has 20 nitrogen and oxygen atoms in total. The first-order valence-corrected chi connectivity index (χ1v) is 23.8. The number of amides is 7. The number of alkyl halides is 1. The van der Waals surface area contributed by atoms with Gasteiger partial charge in [-0.25, -0.2) is 24.0 Å². The van der Waals surface area contributed by atoms with E-state index < -0.39 is 92.5 Å². The summed E-state index contributed by atoms with van der Waals surface area (Å²) in [4.78, 5) is 102. The zero-order valence-electron chi connectivity index (χ0n) is 40.8. The van der Waals surface area contributed by atoms with Crippen molar-refractivity contribution in [2.24, 2.45) is 0 Å². The average molecular weight is 1040 g/mol. The maximum atomic E-state index is 14.0. The highest BCUT2D eigenvalue weighted by molar-refractivity contribution is 14.1. The van der Waals surface area contributed by atoms with Gasteiger partial charge in [-0.15, -0.1) is 0 Å². The minimum absolute atomic E-state index is 0.0294. The summed E-state index contributed by atoms with van der Waals surface area (Å²) in [6.45, 7) is 21.9. The molecule has 0 saturated carbocycles. The van der Waals surface area contributed by atoms with Crippen molar-refractivity contribution in [1.29, 1.82) is 0 Å². The van der Waals surface area contributed by atoms with Crippen LogP contribution in [0.2, 0.25) is 0 Å². The van der Waals surface area contributed by atoms with Gasteiger partial charge in [-0.1, -0.05) is 29.0 Å². The molecule has 376 valence electrons. The Morgan fingerprint density at radius 1 is 0.400 bits per heavy atom. The molecular formula is C44H80IN7O13. The van der Waals surface area contributed by atoms with Crippen molar-refractivity contribution in [3.05, 3.63) is 0 Å². The minimum Gasteiger partial charge on any atom is -0.480 e. The molecule has 1 unspecified atom stereocenters. The first-order chi connectivity index (χ1) is 29.9. The third kappa shape index (κ3) is 34.7. The maximum Gasteiger partial charge on any atom is 0.407 e. The Kier molecular flexibility index (Phi) is 28.1. The SMILES string of the molecule is CC(C)(C)OC(=O)NCCCCC(I)C(=O)N[C@@H](CCCCNC(=O)OC(C)(C)C)C(=O)N[C@@H](CCCCNC(=O)OC(C)(C)C)C(=O)N[C@@H](CCCCNC(=O)OC(C)(C)C)C(=O)O. The summed E-state index contributed by atoms with van der Waals surface area (Å²) in [6, 6.07) is -3.64. The van der Waals surface area contributed by atoms with Gasteiger partial charge in [0.05, 0.1) is 3.92 Å². The number of ether oxygens (including phenoxy) is 4. The Morgan fingerprint density at radius 3 is 0.923 bits per heavy atom. The molecular weight excluding hydrogens is 961 g/mol. The molecule has 0 aliphatic rings. The monoisotopic (exact) mass is 1040 g/mol. The van der Waals surface area contributed by atoms with Crippen molar-refractivity contribution >= 4 is 70.7 Å². The van der Waals surface area contributed by atoms with Gasteiger partial charge in [-0.05, 0) is 154 Å². The number of carbonyl (C=O) groups is 8. The Hall–Kier alpha value is -4.31. The lowest BCUT2D eigenvalue weighted by atomic mass is 10.0. The van der Waals surface area contributed by atoms with E-state index in [1.807, 2.05) is 22.6 Å². The van der Waals surface area contributed by atoms with Crippen molar-refractivity contribution in [3.63, 3.8) is 0 Å². The zero-order valence-corrected chi connectivity index (χ0v) is 43.0. The zero-order chi connectivity index (χ0) is 50.0. The number of unbranched alkanes of at least 4 members (excludes halogenated alkanes) is 4. The van der Waals surface area contributed by atoms with Crippen molar-refractivity contribution in [2.75, 3.05) is 26.2 Å². The first-order valence-electron chi connectivity index (χ1n) is 22.5. The number of hydrogen-bond acceptors (Lipinski definition) is 12. The van der Waals surface area contributed by atoms with Crippen LogP contribution in [0.25, 0.3) is 0 Å². The molecule has 65 heavy (non-hydrogen) atoms. The summed E-state index contributed by atoms with van der Waals surface area (Å²) in [5.74, 6) is -3.13. The molecule has 0 bridgehead atoms. The van der Waals surface area contributed by atoms with Gasteiger partial charge in [0, 0.05) is 26.2 Å². The molecule has 0 saturated heterocycles. The van der Waals surface area contributed by atoms with Gasteiger partial charge < -0.3 is 61.3 Å². The Morgan fingerprint density at radius 2 is 0.646 bits per heavy atom. The molecule has 0 rings (SSSR count). The molecule has 21 heteroatoms. The molecule has 0 aliphatic carbocycles. The fourth-order valence-electron chi connectivity index (χ4n) is 5.62. The number of nitrogens with one attached hydrogen (secondary N) is 7. The smallest absolute Gasteiger partial charge is 0.407 e. The van der Waals surface area contributed by atoms with E-state index in [4.69, 9.17) is 18.9 Å². The normalized spacial score (nSPS) is 13.7. The summed E-state index contributed by atoms with van der Waals surface area (Å²) in [7, 11) is 0. The first kappa shape index (κ1) is 60.7. The number of aliphatic carboxylic acids is 1. The Bertz CT molecular complexity index is 1520. The number of carboxylic acids is 1. The van der Waals surface area contributed by atoms with Crippen molar-refractivity contribution in [3.8, 4) is 0 Å². The average Bonchev–Trinajstić information content (AvgIpc) is 3.12. The van der Waals surface area contributed by atoms with Gasteiger partial charge in [0.2, 0.25) is 17.7 Å². The van der Waals surface area contributed by atoms with E-state index in [0.29, 0.717) is 64.3 Å². The van der Waals surface area contributed by atoms with Crippen LogP contribution >= 0.6 is 22.6 Å². The lowest BCUT2D eigenvalue weighted by molar-refractivity contribution is -0.142. The van der Waals surface area contributed by atoms with Crippen LogP contribution in [0.5, 0.6) is 0 Å². The Labute approximate surface area is 399 Å².